The zero-order chi connectivity index (χ0) is 59.0. The molecule has 0 bridgehead atoms. The van der Waals surface area contributed by atoms with Crippen molar-refractivity contribution in [3.05, 3.63) is 174 Å². The highest BCUT2D eigenvalue weighted by molar-refractivity contribution is 7.98. The first-order chi connectivity index (χ1) is 42.2. The van der Waals surface area contributed by atoms with Crippen molar-refractivity contribution in [2.75, 3.05) is 32.8 Å². The number of anilines is 5. The molecular formula is C53H48Cl2N24O5S2. The van der Waals surface area contributed by atoms with Crippen LogP contribution in [0.15, 0.2) is 150 Å². The summed E-state index contributed by atoms with van der Waals surface area (Å²) in [6.07, 6.45) is 18.1. The molecule has 0 radical (unpaired) electrons. The van der Waals surface area contributed by atoms with Gasteiger partial charge in [-0.25, -0.2) is 59.8 Å². The number of hydrogen-bond donors (Lipinski definition) is 9. The lowest BCUT2D eigenvalue weighted by atomic mass is 10.3. The molecular weight excluding hydrogens is 1190 g/mol. The Balaban J connectivity index is 0.000000112. The minimum atomic E-state index is 0.210. The number of rotatable bonds is 16. The molecule has 0 spiro atoms. The van der Waals surface area contributed by atoms with Gasteiger partial charge in [-0.2, -0.15) is 4.98 Å². The van der Waals surface area contributed by atoms with Gasteiger partial charge in [0.15, 0.2) is 39.6 Å². The number of halogens is 2. The smallest absolute Gasteiger partial charge is 0.235 e. The third-order valence-electron chi connectivity index (χ3n) is 12.0. The van der Waals surface area contributed by atoms with E-state index in [-0.39, 0.29) is 10.6 Å². The van der Waals surface area contributed by atoms with Gasteiger partial charge in [0.05, 0.1) is 87.5 Å². The number of aromatic nitrogens is 19. The molecule has 33 heteroatoms. The second kappa shape index (κ2) is 27.7. The summed E-state index contributed by atoms with van der Waals surface area (Å²) in [5, 5.41) is 28.5. The number of thiophene rings is 1. The fraction of sp³-hybridized carbons (Fsp3) is 0.151. The summed E-state index contributed by atoms with van der Waals surface area (Å²) in [5.74, 6) is 8.03. The van der Waals surface area contributed by atoms with E-state index in [0.29, 0.717) is 83.9 Å². The number of aryl methyl sites for hydroxylation is 2. The number of thioether (sulfide) groups is 1. The fourth-order valence-corrected chi connectivity index (χ4v) is 9.43. The van der Waals surface area contributed by atoms with Gasteiger partial charge >= 0.3 is 0 Å². The molecule has 0 fully saturated rings. The van der Waals surface area contributed by atoms with E-state index < -0.39 is 0 Å². The van der Waals surface area contributed by atoms with E-state index >= 15 is 0 Å². The second-order valence-electron chi connectivity index (χ2n) is 17.6. The number of nitrogens with zero attached hydrogens (tertiary/aromatic N) is 15. The maximum Gasteiger partial charge on any atom is 0.235 e. The minimum absolute atomic E-state index is 0.210. The molecule has 86 heavy (non-hydrogen) atoms. The predicted molar refractivity (Wildman–Crippen MR) is 323 cm³/mol. The molecule has 15 rings (SSSR count). The highest BCUT2D eigenvalue weighted by Crippen LogP contribution is 2.28. The minimum Gasteiger partial charge on any atom is -0.467 e. The Morgan fingerprint density at radius 1 is 0.512 bits per heavy atom. The Hall–Kier alpha value is -10.5. The van der Waals surface area contributed by atoms with Crippen LogP contribution in [0.25, 0.3) is 54.7 Å². The largest absolute Gasteiger partial charge is 0.467 e. The summed E-state index contributed by atoms with van der Waals surface area (Å²) in [6.45, 7) is 6.45. The Morgan fingerprint density at radius 3 is 1.65 bits per heavy atom. The molecule has 29 nitrogen and oxygen atoms in total. The van der Waals surface area contributed by atoms with Crippen LogP contribution in [-0.4, -0.2) is 101 Å². The number of H-pyrrole nitrogens is 4. The number of furan rings is 4. The lowest BCUT2D eigenvalue weighted by Crippen LogP contribution is -2.03. The van der Waals surface area contributed by atoms with Crippen LogP contribution in [0.4, 0.5) is 29.1 Å². The summed E-state index contributed by atoms with van der Waals surface area (Å²) < 4.78 is 26.3. The van der Waals surface area contributed by atoms with E-state index in [0.717, 1.165) is 78.2 Å². The van der Waals surface area contributed by atoms with E-state index in [9.17, 15) is 0 Å². The Labute approximate surface area is 502 Å². The molecule has 15 heterocycles. The standard InChI is InChI=1S/C11H9ClN4O.C11H8ClN3OS.C11H11N5OS.C11H11N5O.C9H9N7O/c12-11-15-9-8(3-4-13-9)10(16-11)14-6-7-2-1-5-17-7;12-11-14-9(8-3-5-17-10(8)15-11)13-6-7-2-1-4-16-7;1-18-11-15-9(8-10(16-11)14-6-13-8)12-5-7-3-2-4-17-7;1-7-2-3-17-8(7)4-12-10-9-11(14-5-13-9)16-6-15-10;1-5-15-16-6(17-5)2-10-8-7-9(12-3-11-7)14-4-13-8/h1-5H,6H2,(H2,13,14,15,16);1-5H,6H2,(H,13,14,15);2-4,6H,5H2,1H3,(H2,12,13,14,15,16);2-3,5-6H,4H2,1H3,(H2,12,13,14,15,16);3-4H,2H2,1H3,(H2,10,11,12,13,14). The topological polar surface area (TPSA) is 382 Å². The summed E-state index contributed by atoms with van der Waals surface area (Å²) in [6, 6.07) is 17.1. The molecule has 0 aliphatic rings. The van der Waals surface area contributed by atoms with Crippen LogP contribution >= 0.6 is 46.3 Å². The van der Waals surface area contributed by atoms with E-state index in [1.165, 1.54) is 35.8 Å². The van der Waals surface area contributed by atoms with Crippen LogP contribution in [0.2, 0.25) is 10.6 Å². The lowest BCUT2D eigenvalue weighted by Gasteiger charge is -2.05. The highest BCUT2D eigenvalue weighted by atomic mass is 35.5. The average Bonchev–Trinajstić information content (AvgIpc) is 4.33. The number of fused-ring (bicyclic) bond motifs is 5. The fourth-order valence-electron chi connectivity index (χ4n) is 7.91. The first-order valence-corrected chi connectivity index (χ1v) is 28.6. The molecule has 0 aromatic carbocycles. The number of hydrogen-bond acceptors (Lipinski definition) is 27. The van der Waals surface area contributed by atoms with Crippen molar-refractivity contribution in [2.24, 2.45) is 0 Å². The van der Waals surface area contributed by atoms with Crippen LogP contribution in [-0.2, 0) is 32.7 Å². The first kappa shape index (κ1) is 57.3. The highest BCUT2D eigenvalue weighted by Gasteiger charge is 2.13. The van der Waals surface area contributed by atoms with Crippen molar-refractivity contribution in [1.29, 1.82) is 0 Å². The van der Waals surface area contributed by atoms with Gasteiger partial charge in [0.2, 0.25) is 22.3 Å². The average molecular weight is 1240 g/mol. The van der Waals surface area contributed by atoms with E-state index in [1.54, 1.807) is 57.2 Å². The van der Waals surface area contributed by atoms with Gasteiger partial charge in [0.1, 0.15) is 74.4 Å². The van der Waals surface area contributed by atoms with Crippen molar-refractivity contribution in [3.8, 4) is 0 Å². The second-order valence-corrected chi connectivity index (χ2v) is 20.0. The van der Waals surface area contributed by atoms with Gasteiger partial charge in [-0.3, -0.25) is 0 Å². The third-order valence-corrected chi connectivity index (χ3v) is 13.7. The molecule has 0 aliphatic heterocycles. The van der Waals surface area contributed by atoms with Gasteiger partial charge in [-0.05, 0) is 102 Å². The van der Waals surface area contributed by atoms with Crippen molar-refractivity contribution < 1.29 is 22.1 Å². The monoisotopic (exact) mass is 1230 g/mol. The molecule has 0 saturated carbocycles. The molecule has 0 unspecified atom stereocenters. The van der Waals surface area contributed by atoms with E-state index in [2.05, 4.69) is 122 Å². The summed E-state index contributed by atoms with van der Waals surface area (Å²) in [5.41, 5.74) is 6.12. The van der Waals surface area contributed by atoms with Crippen molar-refractivity contribution >= 4 is 130 Å². The molecule has 0 amide bonds. The number of nitrogens with one attached hydrogen (secondary N) is 9. The van der Waals surface area contributed by atoms with Crippen molar-refractivity contribution in [1.82, 2.24) is 94.9 Å². The van der Waals surface area contributed by atoms with E-state index in [1.807, 2.05) is 73.2 Å². The van der Waals surface area contributed by atoms with Gasteiger partial charge in [0, 0.05) is 13.1 Å². The Kier molecular flexibility index (Phi) is 18.5. The quantitative estimate of drug-likeness (QED) is 0.0320. The van der Waals surface area contributed by atoms with Crippen molar-refractivity contribution in [2.45, 2.75) is 51.7 Å². The molecule has 15 aromatic rings. The molecule has 436 valence electrons. The number of aromatic amines is 4. The van der Waals surface area contributed by atoms with Crippen LogP contribution in [0.1, 0.15) is 40.4 Å². The van der Waals surface area contributed by atoms with Crippen LogP contribution in [0, 0.1) is 13.8 Å². The maximum absolute atomic E-state index is 5.86. The number of imidazole rings is 3. The van der Waals surface area contributed by atoms with Gasteiger partial charge in [-0.1, -0.05) is 11.8 Å². The lowest BCUT2D eigenvalue weighted by molar-refractivity contribution is 0.474. The van der Waals surface area contributed by atoms with Crippen LogP contribution in [0.3, 0.4) is 0 Å². The summed E-state index contributed by atoms with van der Waals surface area (Å²) in [7, 11) is 0. The van der Waals surface area contributed by atoms with Gasteiger partial charge in [-0.15, -0.1) is 21.5 Å². The summed E-state index contributed by atoms with van der Waals surface area (Å²) in [4.78, 5) is 66.8. The maximum atomic E-state index is 5.86. The zero-order valence-electron chi connectivity index (χ0n) is 45.4. The Bertz CT molecular complexity index is 4420. The molecule has 15 aromatic heterocycles. The van der Waals surface area contributed by atoms with Gasteiger partial charge < -0.3 is 68.6 Å². The Morgan fingerprint density at radius 2 is 1.08 bits per heavy atom. The molecule has 0 saturated heterocycles. The van der Waals surface area contributed by atoms with Crippen LogP contribution in [0.5, 0.6) is 0 Å². The van der Waals surface area contributed by atoms with E-state index in [4.69, 9.17) is 45.3 Å². The third kappa shape index (κ3) is 14.6. The molecule has 0 aliphatic carbocycles. The van der Waals surface area contributed by atoms with Crippen molar-refractivity contribution in [3.63, 3.8) is 0 Å². The van der Waals surface area contributed by atoms with Gasteiger partial charge in [0.25, 0.3) is 0 Å². The predicted octanol–water partition coefficient (Wildman–Crippen LogP) is 11.2. The SMILES string of the molecule is CSc1nc(NCc2ccco2)c2[nH]cnc2n1.Cc1ccoc1CNc1ncnc2nc[nH]c12.Cc1nnc(CNc2ncnc3nc[nH]c23)o1.Clc1nc(NCc2ccco2)c2cc[nH]c2n1.Clc1nc(NCc2ccco2)c2ccsc2n1. The normalized spacial score (nSPS) is 10.9. The summed E-state index contributed by atoms with van der Waals surface area (Å²) >= 11 is 14.7. The zero-order valence-corrected chi connectivity index (χ0v) is 48.5. The molecule has 0 atom stereocenters. The van der Waals surface area contributed by atoms with Crippen LogP contribution < -0.4 is 26.6 Å². The first-order valence-electron chi connectivity index (χ1n) is 25.7. The molecule has 9 N–H and O–H groups in total.